The van der Waals surface area contributed by atoms with Gasteiger partial charge in [-0.15, -0.1) is 0 Å². The summed E-state index contributed by atoms with van der Waals surface area (Å²) in [5, 5.41) is 9.51. The van der Waals surface area contributed by atoms with Gasteiger partial charge >= 0.3 is 0 Å². The minimum absolute atomic E-state index is 0.0390. The second-order valence-electron chi connectivity index (χ2n) is 4.93. The van der Waals surface area contributed by atoms with E-state index < -0.39 is 0 Å². The van der Waals surface area contributed by atoms with Crippen LogP contribution in [0.5, 0.6) is 11.5 Å². The summed E-state index contributed by atoms with van der Waals surface area (Å²) >= 11 is 0. The lowest BCUT2D eigenvalue weighted by atomic mass is 9.69. The lowest BCUT2D eigenvalue weighted by Gasteiger charge is -2.37. The topological polar surface area (TPSA) is 55.5 Å². The molecule has 0 radical (unpaired) electrons. The Morgan fingerprint density at radius 2 is 2.00 bits per heavy atom. The van der Waals surface area contributed by atoms with E-state index in [0.717, 1.165) is 24.2 Å². The number of rotatable bonds is 3. The molecule has 1 saturated carbocycles. The van der Waals surface area contributed by atoms with Crippen LogP contribution in [-0.4, -0.2) is 18.8 Å². The standard InChI is InChI=1S/C14H21NO2/c1-17-13-9-11(16)5-6-12(13)14(10-15)7-3-2-4-8-14/h5-6,9,16H,2-4,7-8,10,15H2,1H3. The molecule has 0 atom stereocenters. The summed E-state index contributed by atoms with van der Waals surface area (Å²) in [5.74, 6) is 1.01. The van der Waals surface area contributed by atoms with Crippen LogP contribution in [0.2, 0.25) is 0 Å². The van der Waals surface area contributed by atoms with E-state index in [9.17, 15) is 5.11 Å². The molecular weight excluding hydrogens is 214 g/mol. The van der Waals surface area contributed by atoms with E-state index in [1.54, 1.807) is 19.2 Å². The lowest BCUT2D eigenvalue weighted by molar-refractivity contribution is 0.287. The predicted octanol–water partition coefficient (Wildman–Crippen LogP) is 2.56. The quantitative estimate of drug-likeness (QED) is 0.846. The third-order valence-electron chi connectivity index (χ3n) is 3.96. The Kier molecular flexibility index (Phi) is 3.57. The van der Waals surface area contributed by atoms with Crippen LogP contribution in [0.25, 0.3) is 0 Å². The molecule has 0 aliphatic heterocycles. The average Bonchev–Trinajstić information content (AvgIpc) is 2.39. The minimum atomic E-state index is 0.0390. The van der Waals surface area contributed by atoms with Crippen molar-refractivity contribution in [3.05, 3.63) is 23.8 Å². The van der Waals surface area contributed by atoms with Crippen molar-refractivity contribution in [3.63, 3.8) is 0 Å². The van der Waals surface area contributed by atoms with Gasteiger partial charge in [-0.2, -0.15) is 0 Å². The number of phenols is 1. The maximum atomic E-state index is 9.51. The molecule has 2 rings (SSSR count). The lowest BCUT2D eigenvalue weighted by Crippen LogP contribution is -2.37. The van der Waals surface area contributed by atoms with E-state index in [4.69, 9.17) is 10.5 Å². The zero-order chi connectivity index (χ0) is 12.3. The number of phenolic OH excluding ortho intramolecular Hbond substituents is 1. The Balaban J connectivity index is 2.42. The van der Waals surface area contributed by atoms with Crippen LogP contribution in [0.4, 0.5) is 0 Å². The Bertz CT molecular complexity index is 384. The van der Waals surface area contributed by atoms with Gasteiger partial charge in [0.15, 0.2) is 0 Å². The molecule has 1 fully saturated rings. The first kappa shape index (κ1) is 12.2. The van der Waals surface area contributed by atoms with Gasteiger partial charge in [0.05, 0.1) is 7.11 Å². The molecule has 1 aromatic carbocycles. The molecular formula is C14H21NO2. The molecule has 1 aromatic rings. The summed E-state index contributed by atoms with van der Waals surface area (Å²) < 4.78 is 5.39. The van der Waals surface area contributed by atoms with Gasteiger partial charge in [-0.05, 0) is 18.9 Å². The summed E-state index contributed by atoms with van der Waals surface area (Å²) in [6.07, 6.45) is 5.97. The van der Waals surface area contributed by atoms with Gasteiger partial charge in [-0.3, -0.25) is 0 Å². The maximum absolute atomic E-state index is 9.51. The molecule has 0 bridgehead atoms. The highest BCUT2D eigenvalue weighted by molar-refractivity contribution is 5.45. The van der Waals surface area contributed by atoms with Crippen molar-refractivity contribution in [1.29, 1.82) is 0 Å². The highest BCUT2D eigenvalue weighted by Crippen LogP contribution is 2.43. The van der Waals surface area contributed by atoms with E-state index in [1.165, 1.54) is 19.3 Å². The third kappa shape index (κ3) is 2.25. The summed E-state index contributed by atoms with van der Waals surface area (Å²) in [6, 6.07) is 5.37. The highest BCUT2D eigenvalue weighted by atomic mass is 16.5. The smallest absolute Gasteiger partial charge is 0.126 e. The second-order valence-corrected chi connectivity index (χ2v) is 4.93. The fraction of sp³-hybridized carbons (Fsp3) is 0.571. The van der Waals surface area contributed by atoms with Gasteiger partial charge in [-0.25, -0.2) is 0 Å². The van der Waals surface area contributed by atoms with Crippen molar-refractivity contribution in [3.8, 4) is 11.5 Å². The van der Waals surface area contributed by atoms with Crippen molar-refractivity contribution >= 4 is 0 Å². The zero-order valence-electron chi connectivity index (χ0n) is 10.4. The summed E-state index contributed by atoms with van der Waals surface area (Å²) in [4.78, 5) is 0. The molecule has 0 saturated heterocycles. The molecule has 0 unspecified atom stereocenters. The summed E-state index contributed by atoms with van der Waals surface area (Å²) in [6.45, 7) is 0.647. The zero-order valence-corrected chi connectivity index (χ0v) is 10.4. The van der Waals surface area contributed by atoms with Crippen LogP contribution in [0.3, 0.4) is 0 Å². The van der Waals surface area contributed by atoms with Crippen LogP contribution < -0.4 is 10.5 Å². The van der Waals surface area contributed by atoms with E-state index in [1.807, 2.05) is 6.07 Å². The van der Waals surface area contributed by atoms with Crippen LogP contribution in [0.15, 0.2) is 18.2 Å². The molecule has 17 heavy (non-hydrogen) atoms. The predicted molar refractivity (Wildman–Crippen MR) is 68.5 cm³/mol. The fourth-order valence-corrected chi connectivity index (χ4v) is 2.93. The van der Waals surface area contributed by atoms with E-state index >= 15 is 0 Å². The molecule has 1 aliphatic carbocycles. The number of methoxy groups -OCH3 is 1. The maximum Gasteiger partial charge on any atom is 0.126 e. The summed E-state index contributed by atoms with van der Waals surface area (Å²) in [7, 11) is 1.64. The van der Waals surface area contributed by atoms with Crippen LogP contribution in [-0.2, 0) is 5.41 Å². The molecule has 1 aliphatic rings. The average molecular weight is 235 g/mol. The van der Waals surface area contributed by atoms with Gasteiger partial charge in [-0.1, -0.05) is 25.3 Å². The van der Waals surface area contributed by atoms with E-state index in [0.29, 0.717) is 6.54 Å². The Hall–Kier alpha value is -1.22. The largest absolute Gasteiger partial charge is 0.508 e. The molecule has 3 nitrogen and oxygen atoms in total. The number of hydrogen-bond donors (Lipinski definition) is 2. The number of ether oxygens (including phenoxy) is 1. The number of nitrogens with two attached hydrogens (primary N) is 1. The number of aromatic hydroxyl groups is 1. The van der Waals surface area contributed by atoms with E-state index in [2.05, 4.69) is 0 Å². The number of benzene rings is 1. The normalized spacial score (nSPS) is 18.9. The fourth-order valence-electron chi connectivity index (χ4n) is 2.93. The molecule has 0 amide bonds. The molecule has 3 N–H and O–H groups in total. The highest BCUT2D eigenvalue weighted by Gasteiger charge is 2.34. The molecule has 3 heteroatoms. The SMILES string of the molecule is COc1cc(O)ccc1C1(CN)CCCCC1. The molecule has 0 aromatic heterocycles. The van der Waals surface area contributed by atoms with Crippen molar-refractivity contribution in [1.82, 2.24) is 0 Å². The van der Waals surface area contributed by atoms with Crippen LogP contribution in [0, 0.1) is 0 Å². The monoisotopic (exact) mass is 235 g/mol. The first-order valence-electron chi connectivity index (χ1n) is 6.29. The first-order valence-corrected chi connectivity index (χ1v) is 6.29. The van der Waals surface area contributed by atoms with Crippen molar-refractivity contribution in [2.75, 3.05) is 13.7 Å². The van der Waals surface area contributed by atoms with Crippen LogP contribution in [0.1, 0.15) is 37.7 Å². The van der Waals surface area contributed by atoms with E-state index in [-0.39, 0.29) is 11.2 Å². The van der Waals surface area contributed by atoms with Crippen molar-refractivity contribution < 1.29 is 9.84 Å². The Morgan fingerprint density at radius 3 is 2.59 bits per heavy atom. The molecule has 94 valence electrons. The van der Waals surface area contributed by atoms with Gasteiger partial charge in [0, 0.05) is 23.6 Å². The third-order valence-corrected chi connectivity index (χ3v) is 3.96. The van der Waals surface area contributed by atoms with Crippen molar-refractivity contribution in [2.45, 2.75) is 37.5 Å². The number of hydrogen-bond acceptors (Lipinski definition) is 3. The Morgan fingerprint density at radius 1 is 1.29 bits per heavy atom. The van der Waals surface area contributed by atoms with Gasteiger partial charge < -0.3 is 15.6 Å². The van der Waals surface area contributed by atoms with Crippen molar-refractivity contribution in [2.24, 2.45) is 5.73 Å². The Labute approximate surface area is 103 Å². The minimum Gasteiger partial charge on any atom is -0.508 e. The van der Waals surface area contributed by atoms with Gasteiger partial charge in [0.2, 0.25) is 0 Å². The second kappa shape index (κ2) is 4.96. The van der Waals surface area contributed by atoms with Gasteiger partial charge in [0.1, 0.15) is 11.5 Å². The molecule has 0 heterocycles. The van der Waals surface area contributed by atoms with Crippen LogP contribution >= 0.6 is 0 Å². The summed E-state index contributed by atoms with van der Waals surface area (Å²) in [5.41, 5.74) is 7.21. The molecule has 0 spiro atoms. The van der Waals surface area contributed by atoms with Gasteiger partial charge in [0.25, 0.3) is 0 Å². The first-order chi connectivity index (χ1) is 8.22.